The standard InChI is InChI=1S/C19H22N4O3S/c1-13-5-8-15(9-6-13)19-21-18(26-22-19)12-20-17-11-16(10-7-14(17)2)27(24,25)23(3)4/h5-11,20H,12H2,1-4H3. The van der Waals surface area contributed by atoms with Crippen molar-refractivity contribution in [3.05, 3.63) is 59.5 Å². The zero-order chi connectivity index (χ0) is 19.6. The maximum absolute atomic E-state index is 12.3. The zero-order valence-corrected chi connectivity index (χ0v) is 16.5. The molecule has 7 nitrogen and oxygen atoms in total. The van der Waals surface area contributed by atoms with E-state index in [4.69, 9.17) is 4.52 Å². The highest BCUT2D eigenvalue weighted by Gasteiger charge is 2.18. The van der Waals surface area contributed by atoms with Gasteiger partial charge in [-0.15, -0.1) is 0 Å². The van der Waals surface area contributed by atoms with Crippen LogP contribution in [0.4, 0.5) is 5.69 Å². The molecule has 8 heteroatoms. The highest BCUT2D eigenvalue weighted by molar-refractivity contribution is 7.89. The smallest absolute Gasteiger partial charge is 0.246 e. The third-order valence-electron chi connectivity index (χ3n) is 4.20. The topological polar surface area (TPSA) is 88.3 Å². The molecule has 3 rings (SSSR count). The maximum Gasteiger partial charge on any atom is 0.246 e. The Bertz CT molecular complexity index is 1040. The van der Waals surface area contributed by atoms with Crippen LogP contribution in [0.3, 0.4) is 0 Å². The van der Waals surface area contributed by atoms with Crippen molar-refractivity contribution in [3.8, 4) is 11.4 Å². The number of benzene rings is 2. The second-order valence-electron chi connectivity index (χ2n) is 6.50. The van der Waals surface area contributed by atoms with Gasteiger partial charge in [-0.2, -0.15) is 4.98 Å². The molecule has 0 fully saturated rings. The summed E-state index contributed by atoms with van der Waals surface area (Å²) in [5, 5.41) is 7.18. The Hall–Kier alpha value is -2.71. The van der Waals surface area contributed by atoms with E-state index < -0.39 is 10.0 Å². The zero-order valence-electron chi connectivity index (χ0n) is 15.7. The first kappa shape index (κ1) is 19.1. The van der Waals surface area contributed by atoms with Crippen LogP contribution in [0.1, 0.15) is 17.0 Å². The van der Waals surface area contributed by atoms with Crippen LogP contribution in [0, 0.1) is 13.8 Å². The monoisotopic (exact) mass is 386 g/mol. The van der Waals surface area contributed by atoms with E-state index >= 15 is 0 Å². The van der Waals surface area contributed by atoms with E-state index in [1.807, 2.05) is 38.1 Å². The third kappa shape index (κ3) is 4.17. The molecule has 0 bridgehead atoms. The fourth-order valence-corrected chi connectivity index (χ4v) is 3.41. The first-order chi connectivity index (χ1) is 12.8. The summed E-state index contributed by atoms with van der Waals surface area (Å²) in [7, 11) is -0.478. The van der Waals surface area contributed by atoms with Gasteiger partial charge in [0, 0.05) is 25.3 Å². The van der Waals surface area contributed by atoms with Crippen molar-refractivity contribution in [3.63, 3.8) is 0 Å². The Labute approximate surface area is 159 Å². The van der Waals surface area contributed by atoms with Crippen molar-refractivity contribution in [2.45, 2.75) is 25.3 Å². The minimum atomic E-state index is -3.49. The van der Waals surface area contributed by atoms with Gasteiger partial charge in [-0.25, -0.2) is 12.7 Å². The quantitative estimate of drug-likeness (QED) is 0.700. The average molecular weight is 386 g/mol. The van der Waals surface area contributed by atoms with Crippen molar-refractivity contribution < 1.29 is 12.9 Å². The number of nitrogens with one attached hydrogen (secondary N) is 1. The minimum Gasteiger partial charge on any atom is -0.376 e. The molecule has 0 saturated heterocycles. The Balaban J connectivity index is 1.76. The second-order valence-corrected chi connectivity index (χ2v) is 8.65. The van der Waals surface area contributed by atoms with Crippen LogP contribution in [-0.2, 0) is 16.6 Å². The van der Waals surface area contributed by atoms with E-state index in [2.05, 4.69) is 15.5 Å². The lowest BCUT2D eigenvalue weighted by Crippen LogP contribution is -2.22. The molecule has 1 heterocycles. The van der Waals surface area contributed by atoms with Gasteiger partial charge in [-0.05, 0) is 31.5 Å². The van der Waals surface area contributed by atoms with E-state index in [-0.39, 0.29) is 4.90 Å². The molecule has 0 aliphatic carbocycles. The number of anilines is 1. The molecular formula is C19H22N4O3S. The summed E-state index contributed by atoms with van der Waals surface area (Å²) in [6.07, 6.45) is 0. The summed E-state index contributed by atoms with van der Waals surface area (Å²) < 4.78 is 31.1. The fourth-order valence-electron chi connectivity index (χ4n) is 2.48. The number of aryl methyl sites for hydroxylation is 2. The van der Waals surface area contributed by atoms with Gasteiger partial charge in [0.15, 0.2) is 0 Å². The van der Waals surface area contributed by atoms with Crippen LogP contribution >= 0.6 is 0 Å². The Morgan fingerprint density at radius 2 is 1.78 bits per heavy atom. The molecule has 1 N–H and O–H groups in total. The normalized spacial score (nSPS) is 11.7. The summed E-state index contributed by atoms with van der Waals surface area (Å²) in [5.74, 6) is 0.943. The molecule has 3 aromatic rings. The van der Waals surface area contributed by atoms with Gasteiger partial charge in [-0.1, -0.05) is 41.1 Å². The molecule has 0 spiro atoms. The molecule has 27 heavy (non-hydrogen) atoms. The van der Waals surface area contributed by atoms with Gasteiger partial charge in [0.1, 0.15) is 0 Å². The number of hydrogen-bond acceptors (Lipinski definition) is 6. The molecule has 0 aliphatic heterocycles. The summed E-state index contributed by atoms with van der Waals surface area (Å²) in [6.45, 7) is 4.22. The highest BCUT2D eigenvalue weighted by Crippen LogP contribution is 2.23. The van der Waals surface area contributed by atoms with Crippen LogP contribution in [0.2, 0.25) is 0 Å². The molecule has 142 valence electrons. The maximum atomic E-state index is 12.3. The summed E-state index contributed by atoms with van der Waals surface area (Å²) in [6, 6.07) is 12.8. The molecule has 2 aromatic carbocycles. The predicted octanol–water partition coefficient (Wildman–Crippen LogP) is 3.22. The van der Waals surface area contributed by atoms with Crippen LogP contribution in [0.25, 0.3) is 11.4 Å². The van der Waals surface area contributed by atoms with Gasteiger partial charge in [0.2, 0.25) is 21.7 Å². The van der Waals surface area contributed by atoms with E-state index in [9.17, 15) is 8.42 Å². The molecular weight excluding hydrogens is 364 g/mol. The molecule has 0 aliphatic rings. The van der Waals surface area contributed by atoms with E-state index in [0.29, 0.717) is 23.9 Å². The van der Waals surface area contributed by atoms with Gasteiger partial charge < -0.3 is 9.84 Å². The van der Waals surface area contributed by atoms with E-state index in [1.54, 1.807) is 18.2 Å². The van der Waals surface area contributed by atoms with Crippen molar-refractivity contribution >= 4 is 15.7 Å². The molecule has 0 unspecified atom stereocenters. The Morgan fingerprint density at radius 3 is 2.44 bits per heavy atom. The number of nitrogens with zero attached hydrogens (tertiary/aromatic N) is 3. The fraction of sp³-hybridized carbons (Fsp3) is 0.263. The lowest BCUT2D eigenvalue weighted by Gasteiger charge is -2.14. The summed E-state index contributed by atoms with van der Waals surface area (Å²) >= 11 is 0. The molecule has 1 aromatic heterocycles. The molecule has 0 amide bonds. The van der Waals surface area contributed by atoms with Gasteiger partial charge in [-0.3, -0.25) is 0 Å². The minimum absolute atomic E-state index is 0.228. The van der Waals surface area contributed by atoms with Gasteiger partial charge in [0.25, 0.3) is 0 Å². The van der Waals surface area contributed by atoms with Crippen LogP contribution in [-0.4, -0.2) is 37.0 Å². The lowest BCUT2D eigenvalue weighted by molar-refractivity contribution is 0.384. The summed E-state index contributed by atoms with van der Waals surface area (Å²) in [5.41, 5.74) is 3.66. The van der Waals surface area contributed by atoms with Crippen molar-refractivity contribution in [2.24, 2.45) is 0 Å². The Morgan fingerprint density at radius 1 is 1.07 bits per heavy atom. The number of sulfonamides is 1. The molecule has 0 saturated carbocycles. The van der Waals surface area contributed by atoms with Gasteiger partial charge in [0.05, 0.1) is 11.4 Å². The van der Waals surface area contributed by atoms with E-state index in [1.165, 1.54) is 18.4 Å². The molecule has 0 atom stereocenters. The van der Waals surface area contributed by atoms with Crippen LogP contribution < -0.4 is 5.32 Å². The van der Waals surface area contributed by atoms with Crippen molar-refractivity contribution in [1.29, 1.82) is 0 Å². The van der Waals surface area contributed by atoms with Gasteiger partial charge >= 0.3 is 0 Å². The first-order valence-corrected chi connectivity index (χ1v) is 9.88. The largest absolute Gasteiger partial charge is 0.376 e. The average Bonchev–Trinajstić information content (AvgIpc) is 3.10. The van der Waals surface area contributed by atoms with Crippen molar-refractivity contribution in [2.75, 3.05) is 19.4 Å². The Kier molecular flexibility index (Phi) is 5.29. The van der Waals surface area contributed by atoms with E-state index in [0.717, 1.165) is 16.7 Å². The molecule has 0 radical (unpaired) electrons. The SMILES string of the molecule is Cc1ccc(-c2noc(CNc3cc(S(=O)(=O)N(C)C)ccc3C)n2)cc1. The van der Waals surface area contributed by atoms with Crippen molar-refractivity contribution in [1.82, 2.24) is 14.4 Å². The number of aromatic nitrogens is 2. The second kappa shape index (κ2) is 7.50. The third-order valence-corrected chi connectivity index (χ3v) is 6.01. The lowest BCUT2D eigenvalue weighted by atomic mass is 10.1. The highest BCUT2D eigenvalue weighted by atomic mass is 32.2. The number of rotatable bonds is 6. The predicted molar refractivity (Wildman–Crippen MR) is 104 cm³/mol. The first-order valence-electron chi connectivity index (χ1n) is 8.44. The van der Waals surface area contributed by atoms with Crippen LogP contribution in [0.15, 0.2) is 51.9 Å². The summed E-state index contributed by atoms with van der Waals surface area (Å²) in [4.78, 5) is 4.62. The number of hydrogen-bond donors (Lipinski definition) is 1. The van der Waals surface area contributed by atoms with Crippen LogP contribution in [0.5, 0.6) is 0 Å².